The maximum atomic E-state index is 15.9. The summed E-state index contributed by atoms with van der Waals surface area (Å²) < 4.78 is 43.4. The van der Waals surface area contributed by atoms with Crippen molar-refractivity contribution in [1.82, 2.24) is 24.5 Å². The highest BCUT2D eigenvalue weighted by molar-refractivity contribution is 7.90. The SMILES string of the molecule is Cc1cn(-c2c(F)cc(-c3cccc(S(C)(=O)=O)c3)cc2-n2nncc2-c2ccc(Cl)cc2)c(C)n1. The molecule has 0 radical (unpaired) electrons. The van der Waals surface area contributed by atoms with Crippen molar-refractivity contribution >= 4 is 21.4 Å². The lowest BCUT2D eigenvalue weighted by Gasteiger charge is -2.17. The fourth-order valence-electron chi connectivity index (χ4n) is 4.13. The number of halogens is 2. The zero-order valence-corrected chi connectivity index (χ0v) is 21.2. The van der Waals surface area contributed by atoms with Gasteiger partial charge in [0.2, 0.25) is 0 Å². The second-order valence-electron chi connectivity index (χ2n) is 8.46. The van der Waals surface area contributed by atoms with Gasteiger partial charge in [-0.05, 0) is 61.4 Å². The molecule has 0 aliphatic heterocycles. The van der Waals surface area contributed by atoms with Gasteiger partial charge in [-0.15, -0.1) is 5.10 Å². The van der Waals surface area contributed by atoms with Crippen molar-refractivity contribution in [2.24, 2.45) is 0 Å². The Hall–Kier alpha value is -3.82. The van der Waals surface area contributed by atoms with Crippen molar-refractivity contribution in [3.8, 4) is 33.8 Å². The summed E-state index contributed by atoms with van der Waals surface area (Å²) in [5.74, 6) is 0.0814. The van der Waals surface area contributed by atoms with Crippen LogP contribution in [0.4, 0.5) is 4.39 Å². The van der Waals surface area contributed by atoms with Gasteiger partial charge in [0.1, 0.15) is 17.3 Å². The van der Waals surface area contributed by atoms with Gasteiger partial charge in [-0.3, -0.25) is 4.57 Å². The fraction of sp³-hybridized carbons (Fsp3) is 0.115. The van der Waals surface area contributed by atoms with Crippen molar-refractivity contribution in [2.75, 3.05) is 6.26 Å². The molecule has 0 aliphatic carbocycles. The number of benzene rings is 3. The van der Waals surface area contributed by atoms with E-state index in [1.165, 1.54) is 18.2 Å². The highest BCUT2D eigenvalue weighted by Crippen LogP contribution is 2.34. The highest BCUT2D eigenvalue weighted by Gasteiger charge is 2.21. The first kappa shape index (κ1) is 23.9. The summed E-state index contributed by atoms with van der Waals surface area (Å²) in [4.78, 5) is 4.58. The van der Waals surface area contributed by atoms with Crippen LogP contribution in [-0.4, -0.2) is 39.2 Å². The molecule has 2 aromatic heterocycles. The predicted octanol–water partition coefficient (Wildman–Crippen LogP) is 5.60. The Morgan fingerprint density at radius 3 is 2.36 bits per heavy atom. The van der Waals surface area contributed by atoms with Crippen molar-refractivity contribution in [3.05, 3.63) is 95.4 Å². The molecule has 0 bridgehead atoms. The summed E-state index contributed by atoms with van der Waals surface area (Å²) in [7, 11) is -3.44. The Labute approximate surface area is 212 Å². The molecule has 0 spiro atoms. The van der Waals surface area contributed by atoms with E-state index in [1.807, 2.05) is 19.1 Å². The van der Waals surface area contributed by atoms with E-state index < -0.39 is 15.7 Å². The Morgan fingerprint density at radius 2 is 1.69 bits per heavy atom. The summed E-state index contributed by atoms with van der Waals surface area (Å²) >= 11 is 6.07. The smallest absolute Gasteiger partial charge is 0.175 e. The third kappa shape index (κ3) is 4.43. The van der Waals surface area contributed by atoms with Gasteiger partial charge in [-0.1, -0.05) is 41.1 Å². The van der Waals surface area contributed by atoms with E-state index in [2.05, 4.69) is 15.3 Å². The Kier molecular flexibility index (Phi) is 5.97. The summed E-state index contributed by atoms with van der Waals surface area (Å²) in [6, 6.07) is 16.7. The van der Waals surface area contributed by atoms with Crippen molar-refractivity contribution in [3.63, 3.8) is 0 Å². The van der Waals surface area contributed by atoms with Gasteiger partial charge in [-0.25, -0.2) is 22.5 Å². The number of hydrogen-bond acceptors (Lipinski definition) is 5. The van der Waals surface area contributed by atoms with Crippen LogP contribution >= 0.6 is 11.6 Å². The van der Waals surface area contributed by atoms with Gasteiger partial charge < -0.3 is 0 Å². The minimum absolute atomic E-state index is 0.148. The van der Waals surface area contributed by atoms with Gasteiger partial charge in [0.15, 0.2) is 9.84 Å². The standard InChI is InChI=1S/C26H21ClFN5O2S/c1-16-15-32(17(2)30-16)26-23(28)12-20(19-5-4-6-22(11-19)36(3,34)35)13-24(26)33-25(14-29-31-33)18-7-9-21(27)10-8-18/h4-15H,1-3H3. The maximum absolute atomic E-state index is 15.9. The average molecular weight is 522 g/mol. The van der Waals surface area contributed by atoms with Gasteiger partial charge in [-0.2, -0.15) is 0 Å². The van der Waals surface area contributed by atoms with Crippen LogP contribution in [-0.2, 0) is 9.84 Å². The number of hydrogen-bond donors (Lipinski definition) is 0. The first-order valence-electron chi connectivity index (χ1n) is 11.0. The first-order chi connectivity index (χ1) is 17.1. The van der Waals surface area contributed by atoms with Crippen LogP contribution in [0.2, 0.25) is 5.02 Å². The van der Waals surface area contributed by atoms with Crippen LogP contribution in [0.5, 0.6) is 0 Å². The molecule has 0 fully saturated rings. The molecule has 0 N–H and O–H groups in total. The van der Waals surface area contributed by atoms with Gasteiger partial charge in [0, 0.05) is 23.0 Å². The molecule has 7 nitrogen and oxygen atoms in total. The number of imidazole rings is 1. The molecular weight excluding hydrogens is 501 g/mol. The van der Waals surface area contributed by atoms with E-state index in [0.29, 0.717) is 33.4 Å². The number of aryl methyl sites for hydroxylation is 2. The molecule has 0 atom stereocenters. The second kappa shape index (κ2) is 9.00. The topological polar surface area (TPSA) is 82.7 Å². The van der Waals surface area contributed by atoms with Crippen LogP contribution < -0.4 is 0 Å². The number of rotatable bonds is 5. The molecule has 182 valence electrons. The average Bonchev–Trinajstić information content (AvgIpc) is 3.44. The van der Waals surface area contributed by atoms with Crippen molar-refractivity contribution in [1.29, 1.82) is 0 Å². The molecular formula is C26H21ClFN5O2S. The molecule has 0 saturated carbocycles. The Morgan fingerprint density at radius 1 is 0.944 bits per heavy atom. The van der Waals surface area contributed by atoms with Crippen molar-refractivity contribution < 1.29 is 12.8 Å². The van der Waals surface area contributed by atoms with E-state index in [4.69, 9.17) is 11.6 Å². The molecule has 36 heavy (non-hydrogen) atoms. The van der Waals surface area contributed by atoms with E-state index in [-0.39, 0.29) is 10.6 Å². The third-order valence-corrected chi connectivity index (χ3v) is 7.16. The summed E-state index contributed by atoms with van der Waals surface area (Å²) in [5.41, 5.74) is 3.86. The van der Waals surface area contributed by atoms with E-state index in [1.54, 1.807) is 58.9 Å². The van der Waals surface area contributed by atoms with E-state index in [9.17, 15) is 8.42 Å². The summed E-state index contributed by atoms with van der Waals surface area (Å²) in [6.07, 6.45) is 4.48. The lowest BCUT2D eigenvalue weighted by Crippen LogP contribution is -2.09. The third-order valence-electron chi connectivity index (χ3n) is 5.80. The molecule has 5 rings (SSSR count). The Bertz CT molecular complexity index is 1710. The van der Waals surface area contributed by atoms with E-state index in [0.717, 1.165) is 17.5 Å². The van der Waals surface area contributed by atoms with Crippen LogP contribution in [0.15, 0.2) is 78.0 Å². The normalized spacial score (nSPS) is 11.7. The summed E-state index contributed by atoms with van der Waals surface area (Å²) in [5, 5.41) is 8.95. The lowest BCUT2D eigenvalue weighted by molar-refractivity contribution is 0.602. The van der Waals surface area contributed by atoms with Crippen molar-refractivity contribution in [2.45, 2.75) is 18.7 Å². The maximum Gasteiger partial charge on any atom is 0.175 e. The minimum Gasteiger partial charge on any atom is -0.299 e. The molecule has 3 aromatic carbocycles. The monoisotopic (exact) mass is 521 g/mol. The van der Waals surface area contributed by atoms with Crippen LogP contribution in [0.1, 0.15) is 11.5 Å². The van der Waals surface area contributed by atoms with Crippen LogP contribution in [0.25, 0.3) is 33.8 Å². The van der Waals surface area contributed by atoms with Gasteiger partial charge in [0.25, 0.3) is 0 Å². The first-order valence-corrected chi connectivity index (χ1v) is 13.2. The minimum atomic E-state index is -3.44. The molecule has 10 heteroatoms. The number of nitrogens with zero attached hydrogens (tertiary/aromatic N) is 5. The molecule has 0 unspecified atom stereocenters. The molecule has 5 aromatic rings. The summed E-state index contributed by atoms with van der Waals surface area (Å²) in [6.45, 7) is 3.63. The highest BCUT2D eigenvalue weighted by atomic mass is 35.5. The largest absolute Gasteiger partial charge is 0.299 e. The van der Waals surface area contributed by atoms with Gasteiger partial charge >= 0.3 is 0 Å². The zero-order chi connectivity index (χ0) is 25.6. The lowest BCUT2D eigenvalue weighted by atomic mass is 10.0. The zero-order valence-electron chi connectivity index (χ0n) is 19.6. The molecule has 0 amide bonds. The fourth-order valence-corrected chi connectivity index (χ4v) is 4.93. The van der Waals surface area contributed by atoms with Crippen LogP contribution in [0.3, 0.4) is 0 Å². The number of aromatic nitrogens is 5. The molecule has 0 saturated heterocycles. The molecule has 0 aliphatic rings. The quantitative estimate of drug-likeness (QED) is 0.300. The molecule has 2 heterocycles. The predicted molar refractivity (Wildman–Crippen MR) is 137 cm³/mol. The van der Waals surface area contributed by atoms with Crippen LogP contribution in [0, 0.1) is 19.7 Å². The van der Waals surface area contributed by atoms with Gasteiger partial charge in [0.05, 0.1) is 28.2 Å². The second-order valence-corrected chi connectivity index (χ2v) is 10.9. The number of sulfone groups is 1. The van der Waals surface area contributed by atoms with E-state index >= 15 is 4.39 Å². The Balaban J connectivity index is 1.79.